The minimum atomic E-state index is -4.62. The molecule has 0 aliphatic heterocycles. The number of hydrogen-bond donors (Lipinski definition) is 2. The van der Waals surface area contributed by atoms with Crippen molar-refractivity contribution in [2.45, 2.75) is 26.2 Å². The fourth-order valence-corrected chi connectivity index (χ4v) is 4.72. The Labute approximate surface area is 203 Å². The van der Waals surface area contributed by atoms with Crippen molar-refractivity contribution in [2.75, 3.05) is 26.0 Å². The number of aryl methyl sites for hydroxylation is 1. The van der Waals surface area contributed by atoms with E-state index >= 15 is 0 Å². The Hall–Kier alpha value is -3.56. The number of anilines is 1. The zero-order valence-electron chi connectivity index (χ0n) is 19.7. The summed E-state index contributed by atoms with van der Waals surface area (Å²) in [6.45, 7) is 0.966. The van der Waals surface area contributed by atoms with E-state index < -0.39 is 29.8 Å². The lowest BCUT2D eigenvalue weighted by Crippen LogP contribution is -2.37. The molecule has 35 heavy (non-hydrogen) atoms. The summed E-state index contributed by atoms with van der Waals surface area (Å²) in [5.74, 6) is -1.18. The molecule has 0 spiro atoms. The van der Waals surface area contributed by atoms with Crippen LogP contribution in [0.1, 0.15) is 12.5 Å². The predicted octanol–water partition coefficient (Wildman–Crippen LogP) is 1.69. The number of carbonyl (C=O) groups excluding carboxylic acids is 1. The van der Waals surface area contributed by atoms with Gasteiger partial charge < -0.3 is 20.1 Å². The van der Waals surface area contributed by atoms with E-state index in [9.17, 15) is 28.0 Å². The molecule has 0 aliphatic rings. The molecule has 1 amide bonds. The number of nitrogens with one attached hydrogen (secondary N) is 2. The molecule has 0 fully saturated rings. The molecule has 186 valence electrons. The van der Waals surface area contributed by atoms with Crippen molar-refractivity contribution in [3.63, 3.8) is 0 Å². The van der Waals surface area contributed by atoms with Crippen LogP contribution in [-0.2, 0) is 24.9 Å². The summed E-state index contributed by atoms with van der Waals surface area (Å²) in [4.78, 5) is 27.1. The van der Waals surface area contributed by atoms with Crippen molar-refractivity contribution < 1.29 is 18.0 Å². The molecule has 2 aromatic heterocycles. The van der Waals surface area contributed by atoms with Crippen LogP contribution in [-0.4, -0.2) is 46.8 Å². The summed E-state index contributed by atoms with van der Waals surface area (Å²) in [5, 5.41) is 15.3. The molecular weight excluding hydrogens is 481 g/mol. The lowest BCUT2D eigenvalue weighted by molar-refractivity contribution is -0.135. The molecule has 0 saturated heterocycles. The predicted molar refractivity (Wildman–Crippen MR) is 130 cm³/mol. The third-order valence-electron chi connectivity index (χ3n) is 5.15. The molecule has 8 nitrogen and oxygen atoms in total. The fraction of sp³-hybridized carbons (Fsp3) is 0.348. The maximum Gasteiger partial charge on any atom is 0.405 e. The third-order valence-corrected chi connectivity index (χ3v) is 6.28. The maximum atomic E-state index is 12.9. The van der Waals surface area contributed by atoms with E-state index in [1.165, 1.54) is 10.8 Å². The molecule has 0 bridgehead atoms. The molecule has 2 heterocycles. The SMILES string of the molecule is CCn1c(=O)/c(=C/Nc2ccc3c(c2)c(CN(C)C)cn3C)s/c1=C(\C#N)C(=O)NCC(F)(F)F. The Bertz CT molecular complexity index is 1470. The topological polar surface area (TPSA) is 95.1 Å². The number of thiazole rings is 1. The smallest absolute Gasteiger partial charge is 0.360 e. The summed E-state index contributed by atoms with van der Waals surface area (Å²) in [5.41, 5.74) is 1.93. The molecule has 12 heteroatoms. The van der Waals surface area contributed by atoms with Gasteiger partial charge in [-0.2, -0.15) is 18.4 Å². The van der Waals surface area contributed by atoms with E-state index in [1.807, 2.05) is 43.9 Å². The van der Waals surface area contributed by atoms with Crippen molar-refractivity contribution in [3.05, 3.63) is 49.5 Å². The normalized spacial score (nSPS) is 13.3. The molecule has 0 radical (unpaired) electrons. The highest BCUT2D eigenvalue weighted by atomic mass is 32.1. The Balaban J connectivity index is 2.01. The van der Waals surface area contributed by atoms with E-state index in [0.29, 0.717) is 0 Å². The van der Waals surface area contributed by atoms with E-state index in [1.54, 1.807) is 18.3 Å². The number of halogens is 3. The van der Waals surface area contributed by atoms with E-state index in [0.717, 1.165) is 40.0 Å². The monoisotopic (exact) mass is 506 g/mol. The average Bonchev–Trinajstić information content (AvgIpc) is 3.26. The Morgan fingerprint density at radius 2 is 2.03 bits per heavy atom. The summed E-state index contributed by atoms with van der Waals surface area (Å²) >= 11 is 0.864. The van der Waals surface area contributed by atoms with Crippen molar-refractivity contribution in [1.29, 1.82) is 5.26 Å². The first-order valence-corrected chi connectivity index (χ1v) is 11.4. The van der Waals surface area contributed by atoms with Gasteiger partial charge in [0, 0.05) is 49.1 Å². The van der Waals surface area contributed by atoms with Gasteiger partial charge in [0.05, 0.1) is 0 Å². The molecular formula is C23H25F3N6O2S. The van der Waals surface area contributed by atoms with Crippen LogP contribution in [0.3, 0.4) is 0 Å². The minimum absolute atomic E-state index is 0.000458. The fourth-order valence-electron chi connectivity index (χ4n) is 3.64. The number of nitrogens with zero attached hydrogens (tertiary/aromatic N) is 4. The van der Waals surface area contributed by atoms with Gasteiger partial charge in [-0.1, -0.05) is 0 Å². The summed E-state index contributed by atoms with van der Waals surface area (Å²) in [7, 11) is 5.94. The Morgan fingerprint density at radius 1 is 1.31 bits per heavy atom. The van der Waals surface area contributed by atoms with E-state index in [4.69, 9.17) is 0 Å². The van der Waals surface area contributed by atoms with Gasteiger partial charge in [0.25, 0.3) is 11.5 Å². The summed E-state index contributed by atoms with van der Waals surface area (Å²) in [6.07, 6.45) is -1.08. The lowest BCUT2D eigenvalue weighted by Gasteiger charge is -2.08. The van der Waals surface area contributed by atoms with Crippen LogP contribution in [0.15, 0.2) is 29.2 Å². The highest BCUT2D eigenvalue weighted by Gasteiger charge is 2.28. The molecule has 3 aromatic rings. The number of aromatic nitrogens is 2. The molecule has 3 rings (SSSR count). The van der Waals surface area contributed by atoms with Gasteiger partial charge in [0.1, 0.15) is 21.8 Å². The van der Waals surface area contributed by atoms with Crippen LogP contribution in [0.5, 0.6) is 0 Å². The van der Waals surface area contributed by atoms with Crippen LogP contribution in [0.25, 0.3) is 22.7 Å². The van der Waals surface area contributed by atoms with Gasteiger partial charge in [-0.25, -0.2) is 0 Å². The highest BCUT2D eigenvalue weighted by Crippen LogP contribution is 2.25. The number of amides is 1. The largest absolute Gasteiger partial charge is 0.405 e. The number of carbonyl (C=O) groups is 1. The van der Waals surface area contributed by atoms with Crippen molar-refractivity contribution in [1.82, 2.24) is 19.4 Å². The van der Waals surface area contributed by atoms with E-state index in [2.05, 4.69) is 16.4 Å². The summed E-state index contributed by atoms with van der Waals surface area (Å²) < 4.78 is 40.9. The first-order chi connectivity index (χ1) is 16.4. The van der Waals surface area contributed by atoms with Gasteiger partial charge in [0.2, 0.25) is 0 Å². The molecule has 2 N–H and O–H groups in total. The average molecular weight is 507 g/mol. The van der Waals surface area contributed by atoms with Gasteiger partial charge in [-0.3, -0.25) is 14.2 Å². The van der Waals surface area contributed by atoms with Crippen LogP contribution >= 0.6 is 11.3 Å². The number of alkyl halides is 3. The quantitative estimate of drug-likeness (QED) is 0.509. The molecule has 0 unspecified atom stereocenters. The second kappa shape index (κ2) is 10.4. The number of benzene rings is 1. The second-order valence-electron chi connectivity index (χ2n) is 8.13. The second-order valence-corrected chi connectivity index (χ2v) is 9.16. The standard InChI is InChI=1S/C23H25F3N6O2S/c1-5-32-21(34)19(35-22(32)17(9-27)20(33)29-13-23(24,25)26)10-28-15-6-7-18-16(8-15)14(11-30(2)3)12-31(18)4/h6-8,10,12,28H,5,11,13H2,1-4H3,(H,29,33)/b19-10-,22-17+. The zero-order chi connectivity index (χ0) is 25.9. The van der Waals surface area contributed by atoms with Crippen LogP contribution < -0.4 is 25.4 Å². The van der Waals surface area contributed by atoms with Gasteiger partial charge in [-0.05, 0) is 44.8 Å². The van der Waals surface area contributed by atoms with Gasteiger partial charge >= 0.3 is 6.18 Å². The lowest BCUT2D eigenvalue weighted by atomic mass is 10.1. The zero-order valence-corrected chi connectivity index (χ0v) is 20.5. The minimum Gasteiger partial charge on any atom is -0.360 e. The van der Waals surface area contributed by atoms with Crippen molar-refractivity contribution in [2.24, 2.45) is 7.05 Å². The van der Waals surface area contributed by atoms with Crippen molar-refractivity contribution in [3.8, 4) is 6.07 Å². The number of fused-ring (bicyclic) bond motifs is 1. The van der Waals surface area contributed by atoms with Crippen LogP contribution in [0.4, 0.5) is 18.9 Å². The number of nitriles is 1. The first-order valence-electron chi connectivity index (χ1n) is 10.6. The highest BCUT2D eigenvalue weighted by molar-refractivity contribution is 7.07. The molecule has 0 atom stereocenters. The Morgan fingerprint density at radius 3 is 2.63 bits per heavy atom. The van der Waals surface area contributed by atoms with Gasteiger partial charge in [0.15, 0.2) is 5.57 Å². The number of hydrogen-bond acceptors (Lipinski definition) is 6. The summed E-state index contributed by atoms with van der Waals surface area (Å²) in [6, 6.07) is 7.43. The molecule has 0 aliphatic carbocycles. The maximum absolute atomic E-state index is 12.9. The van der Waals surface area contributed by atoms with Crippen LogP contribution in [0, 0.1) is 11.3 Å². The van der Waals surface area contributed by atoms with E-state index in [-0.39, 0.29) is 15.7 Å². The molecule has 1 aromatic carbocycles. The van der Waals surface area contributed by atoms with Crippen molar-refractivity contribution >= 4 is 45.6 Å². The Kier molecular flexibility index (Phi) is 7.72. The number of rotatable bonds is 7. The first kappa shape index (κ1) is 26.1. The van der Waals surface area contributed by atoms with Gasteiger partial charge in [-0.15, -0.1) is 11.3 Å². The molecule has 0 saturated carbocycles. The third kappa shape index (κ3) is 5.93. The van der Waals surface area contributed by atoms with Crippen LogP contribution in [0.2, 0.25) is 0 Å².